The van der Waals surface area contributed by atoms with Crippen LogP contribution in [0, 0.1) is 16.7 Å². The Bertz CT molecular complexity index is 359. The lowest BCUT2D eigenvalue weighted by Crippen LogP contribution is -2.12. The number of aromatic nitrogens is 2. The van der Waals surface area contributed by atoms with Crippen molar-refractivity contribution in [2.75, 3.05) is 13.6 Å². The van der Waals surface area contributed by atoms with Gasteiger partial charge in [-0.15, -0.1) is 0 Å². The van der Waals surface area contributed by atoms with Crippen LogP contribution in [-0.4, -0.2) is 23.1 Å². The number of rotatable bonds is 6. The van der Waals surface area contributed by atoms with Crippen LogP contribution < -0.4 is 5.32 Å². The fraction of sp³-hybridized carbons (Fsp3) is 0.667. The molecule has 0 aliphatic carbocycles. The fourth-order valence-corrected chi connectivity index (χ4v) is 1.38. The SMILES string of the molecule is CNCCc1cn(CCC(C)(C)C#N)cn1. The summed E-state index contributed by atoms with van der Waals surface area (Å²) in [7, 11) is 1.94. The number of nitrogens with zero attached hydrogens (tertiary/aromatic N) is 3. The van der Waals surface area contributed by atoms with Crippen molar-refractivity contribution in [3.8, 4) is 6.07 Å². The van der Waals surface area contributed by atoms with E-state index in [1.807, 2.05) is 27.2 Å². The number of nitriles is 1. The molecule has 0 fully saturated rings. The molecule has 0 saturated heterocycles. The Labute approximate surface area is 97.3 Å². The Hall–Kier alpha value is -1.34. The molecule has 1 rings (SSSR count). The van der Waals surface area contributed by atoms with Crippen molar-refractivity contribution in [3.63, 3.8) is 0 Å². The molecule has 0 aliphatic rings. The van der Waals surface area contributed by atoms with E-state index in [0.29, 0.717) is 0 Å². The number of nitrogens with one attached hydrogen (secondary N) is 1. The summed E-state index contributed by atoms with van der Waals surface area (Å²) in [5.74, 6) is 0. The van der Waals surface area contributed by atoms with Crippen molar-refractivity contribution in [1.82, 2.24) is 14.9 Å². The summed E-state index contributed by atoms with van der Waals surface area (Å²) in [6.07, 6.45) is 5.71. The van der Waals surface area contributed by atoms with Crippen LogP contribution in [0.15, 0.2) is 12.5 Å². The van der Waals surface area contributed by atoms with Crippen molar-refractivity contribution < 1.29 is 0 Å². The van der Waals surface area contributed by atoms with Crippen LogP contribution >= 0.6 is 0 Å². The topological polar surface area (TPSA) is 53.6 Å². The predicted molar refractivity (Wildman–Crippen MR) is 63.9 cm³/mol. The van der Waals surface area contributed by atoms with E-state index in [-0.39, 0.29) is 5.41 Å². The summed E-state index contributed by atoms with van der Waals surface area (Å²) < 4.78 is 2.06. The molecule has 0 amide bonds. The molecule has 0 atom stereocenters. The fourth-order valence-electron chi connectivity index (χ4n) is 1.38. The first kappa shape index (κ1) is 12.7. The van der Waals surface area contributed by atoms with Gasteiger partial charge >= 0.3 is 0 Å². The van der Waals surface area contributed by atoms with Crippen LogP contribution in [0.4, 0.5) is 0 Å². The van der Waals surface area contributed by atoms with Gasteiger partial charge < -0.3 is 9.88 Å². The Morgan fingerprint density at radius 2 is 2.31 bits per heavy atom. The molecule has 0 radical (unpaired) electrons. The molecule has 4 nitrogen and oxygen atoms in total. The Balaban J connectivity index is 2.44. The maximum Gasteiger partial charge on any atom is 0.0949 e. The van der Waals surface area contributed by atoms with Gasteiger partial charge in [0, 0.05) is 25.7 Å². The second-order valence-electron chi connectivity index (χ2n) is 4.70. The zero-order chi connectivity index (χ0) is 12.0. The highest BCUT2D eigenvalue weighted by molar-refractivity contribution is 4.98. The first-order valence-electron chi connectivity index (χ1n) is 5.64. The summed E-state index contributed by atoms with van der Waals surface area (Å²) in [5, 5.41) is 12.0. The maximum absolute atomic E-state index is 8.91. The quantitative estimate of drug-likeness (QED) is 0.792. The van der Waals surface area contributed by atoms with Crippen LogP contribution in [-0.2, 0) is 13.0 Å². The van der Waals surface area contributed by atoms with Gasteiger partial charge in [0.2, 0.25) is 0 Å². The normalized spacial score (nSPS) is 11.4. The lowest BCUT2D eigenvalue weighted by atomic mass is 9.91. The largest absolute Gasteiger partial charge is 0.337 e. The van der Waals surface area contributed by atoms with Crippen LogP contribution in [0.25, 0.3) is 0 Å². The first-order chi connectivity index (χ1) is 7.57. The van der Waals surface area contributed by atoms with Gasteiger partial charge in [0.05, 0.1) is 23.5 Å². The molecule has 0 saturated carbocycles. The van der Waals surface area contributed by atoms with Gasteiger partial charge in [-0.3, -0.25) is 0 Å². The third kappa shape index (κ3) is 4.03. The predicted octanol–water partition coefficient (Wildman–Crippen LogP) is 1.58. The molecule has 1 aromatic heterocycles. The molecule has 1 aromatic rings. The minimum absolute atomic E-state index is 0.255. The van der Waals surface area contributed by atoms with Gasteiger partial charge in [0.15, 0.2) is 0 Å². The van der Waals surface area contributed by atoms with Gasteiger partial charge in [-0.05, 0) is 27.3 Å². The highest BCUT2D eigenvalue weighted by Crippen LogP contribution is 2.19. The van der Waals surface area contributed by atoms with Crippen LogP contribution in [0.2, 0.25) is 0 Å². The smallest absolute Gasteiger partial charge is 0.0949 e. The molecule has 16 heavy (non-hydrogen) atoms. The second kappa shape index (κ2) is 5.66. The highest BCUT2D eigenvalue weighted by atomic mass is 15.0. The molecule has 88 valence electrons. The van der Waals surface area contributed by atoms with E-state index < -0.39 is 0 Å². The van der Waals surface area contributed by atoms with Crippen LogP contribution in [0.1, 0.15) is 26.0 Å². The molecular weight excluding hydrogens is 200 g/mol. The molecule has 1 N–H and O–H groups in total. The monoisotopic (exact) mass is 220 g/mol. The zero-order valence-corrected chi connectivity index (χ0v) is 10.3. The average molecular weight is 220 g/mol. The van der Waals surface area contributed by atoms with E-state index in [9.17, 15) is 0 Å². The van der Waals surface area contributed by atoms with Gasteiger partial charge in [-0.2, -0.15) is 5.26 Å². The van der Waals surface area contributed by atoms with E-state index in [2.05, 4.69) is 27.1 Å². The molecule has 1 heterocycles. The van der Waals surface area contributed by atoms with E-state index in [1.165, 1.54) is 0 Å². The molecule has 0 bridgehead atoms. The number of imidazole rings is 1. The molecule has 0 aromatic carbocycles. The van der Waals surface area contributed by atoms with Gasteiger partial charge in [0.1, 0.15) is 0 Å². The molecule has 4 heteroatoms. The van der Waals surface area contributed by atoms with E-state index in [0.717, 1.165) is 31.6 Å². The first-order valence-corrected chi connectivity index (χ1v) is 5.64. The van der Waals surface area contributed by atoms with Gasteiger partial charge in [-0.25, -0.2) is 4.98 Å². The maximum atomic E-state index is 8.91. The summed E-state index contributed by atoms with van der Waals surface area (Å²) >= 11 is 0. The average Bonchev–Trinajstić information content (AvgIpc) is 2.72. The molecule has 0 aliphatic heterocycles. The third-order valence-electron chi connectivity index (χ3n) is 2.62. The van der Waals surface area contributed by atoms with Gasteiger partial charge in [0.25, 0.3) is 0 Å². The van der Waals surface area contributed by atoms with Crippen LogP contribution in [0.5, 0.6) is 0 Å². The minimum Gasteiger partial charge on any atom is -0.337 e. The van der Waals surface area contributed by atoms with Crippen molar-refractivity contribution in [2.24, 2.45) is 5.41 Å². The zero-order valence-electron chi connectivity index (χ0n) is 10.3. The van der Waals surface area contributed by atoms with E-state index >= 15 is 0 Å². The lowest BCUT2D eigenvalue weighted by Gasteiger charge is -2.14. The van der Waals surface area contributed by atoms with E-state index in [4.69, 9.17) is 5.26 Å². The highest BCUT2D eigenvalue weighted by Gasteiger charge is 2.16. The third-order valence-corrected chi connectivity index (χ3v) is 2.62. The lowest BCUT2D eigenvalue weighted by molar-refractivity contribution is 0.413. The number of hydrogen-bond acceptors (Lipinski definition) is 3. The minimum atomic E-state index is -0.255. The standard InChI is InChI=1S/C12H20N4/c1-12(2,9-13)5-7-16-8-11(15-10-16)4-6-14-3/h8,10,14H,4-7H2,1-3H3. The number of aryl methyl sites for hydroxylation is 1. The Morgan fingerprint density at radius 3 is 2.94 bits per heavy atom. The van der Waals surface area contributed by atoms with Crippen molar-refractivity contribution in [3.05, 3.63) is 18.2 Å². The van der Waals surface area contributed by atoms with Crippen molar-refractivity contribution >= 4 is 0 Å². The number of hydrogen-bond donors (Lipinski definition) is 1. The Morgan fingerprint density at radius 1 is 1.56 bits per heavy atom. The van der Waals surface area contributed by atoms with Crippen molar-refractivity contribution in [1.29, 1.82) is 5.26 Å². The number of likely N-dealkylation sites (N-methyl/N-ethyl adjacent to an activating group) is 1. The summed E-state index contributed by atoms with van der Waals surface area (Å²) in [5.41, 5.74) is 0.846. The summed E-state index contributed by atoms with van der Waals surface area (Å²) in [6.45, 7) is 5.73. The molecular formula is C12H20N4. The summed E-state index contributed by atoms with van der Waals surface area (Å²) in [6, 6.07) is 2.31. The summed E-state index contributed by atoms with van der Waals surface area (Å²) in [4.78, 5) is 4.32. The van der Waals surface area contributed by atoms with E-state index in [1.54, 1.807) is 0 Å². The second-order valence-corrected chi connectivity index (χ2v) is 4.70. The molecule has 0 spiro atoms. The van der Waals surface area contributed by atoms with Crippen LogP contribution in [0.3, 0.4) is 0 Å². The van der Waals surface area contributed by atoms with Crippen molar-refractivity contribution in [2.45, 2.75) is 33.2 Å². The Kier molecular flexibility index (Phi) is 4.51. The van der Waals surface area contributed by atoms with Gasteiger partial charge in [-0.1, -0.05) is 0 Å². The molecule has 0 unspecified atom stereocenters.